The molecule has 2 atom stereocenters. The Hall–Kier alpha value is -0.610. The van der Waals surface area contributed by atoms with Gasteiger partial charge < -0.3 is 9.80 Å². The summed E-state index contributed by atoms with van der Waals surface area (Å²) in [6.07, 6.45) is 8.29. The fourth-order valence-corrected chi connectivity index (χ4v) is 4.27. The van der Waals surface area contributed by atoms with Crippen LogP contribution in [0.5, 0.6) is 0 Å². The summed E-state index contributed by atoms with van der Waals surface area (Å²) in [5.74, 6) is 1.59. The number of amides is 1. The third-order valence-electron chi connectivity index (χ3n) is 5.24. The van der Waals surface area contributed by atoms with Gasteiger partial charge in [0.15, 0.2) is 0 Å². The monoisotopic (exact) mass is 279 g/mol. The van der Waals surface area contributed by atoms with E-state index in [1.807, 2.05) is 0 Å². The Morgan fingerprint density at radius 2 is 1.85 bits per heavy atom. The minimum Gasteiger partial charge on any atom is -0.325 e. The van der Waals surface area contributed by atoms with E-state index in [0.29, 0.717) is 30.5 Å². The van der Waals surface area contributed by atoms with E-state index in [2.05, 4.69) is 22.0 Å². The molecule has 0 bridgehead atoms. The Morgan fingerprint density at radius 3 is 2.55 bits per heavy atom. The molecule has 1 aliphatic carbocycles. The fourth-order valence-electron chi connectivity index (χ4n) is 4.27. The second-order valence-electron chi connectivity index (χ2n) is 7.03. The fraction of sp³-hybridized carbons (Fsp3) is 0.938. The molecule has 0 aromatic carbocycles. The standard InChI is InChI=1S/C16H29N3O/c1-13(11-18-8-4-5-9-18)12-19-15(20)10-17-16(19)14-6-2-3-7-14/h13-14,16-17H,2-12H2,1H3. The number of nitrogens with zero attached hydrogens (tertiary/aromatic N) is 2. The molecule has 2 aliphatic heterocycles. The van der Waals surface area contributed by atoms with Crippen LogP contribution in [0.2, 0.25) is 0 Å². The van der Waals surface area contributed by atoms with Crippen LogP contribution in [0.3, 0.4) is 0 Å². The first-order chi connectivity index (χ1) is 9.74. The number of likely N-dealkylation sites (tertiary alicyclic amines) is 1. The molecule has 0 spiro atoms. The van der Waals surface area contributed by atoms with Gasteiger partial charge in [-0.2, -0.15) is 0 Å². The lowest BCUT2D eigenvalue weighted by molar-refractivity contribution is -0.129. The SMILES string of the molecule is CC(CN1CCCC1)CN1C(=O)CNC1C1CCCC1. The first kappa shape index (κ1) is 14.3. The van der Waals surface area contributed by atoms with Crippen molar-refractivity contribution in [2.24, 2.45) is 11.8 Å². The zero-order valence-electron chi connectivity index (χ0n) is 12.8. The molecule has 114 valence electrons. The maximum absolute atomic E-state index is 12.2. The van der Waals surface area contributed by atoms with Crippen molar-refractivity contribution in [3.05, 3.63) is 0 Å². The van der Waals surface area contributed by atoms with Crippen molar-refractivity contribution in [2.75, 3.05) is 32.7 Å². The lowest BCUT2D eigenvalue weighted by Gasteiger charge is -2.32. The second-order valence-corrected chi connectivity index (χ2v) is 7.03. The van der Waals surface area contributed by atoms with Crippen LogP contribution in [0.4, 0.5) is 0 Å². The second kappa shape index (κ2) is 6.44. The van der Waals surface area contributed by atoms with Crippen LogP contribution in [0.25, 0.3) is 0 Å². The van der Waals surface area contributed by atoms with Gasteiger partial charge >= 0.3 is 0 Å². The molecule has 0 aromatic rings. The van der Waals surface area contributed by atoms with Crippen molar-refractivity contribution < 1.29 is 4.79 Å². The van der Waals surface area contributed by atoms with E-state index in [1.165, 1.54) is 51.6 Å². The molecule has 0 aromatic heterocycles. The summed E-state index contributed by atoms with van der Waals surface area (Å²) in [6, 6.07) is 0. The molecule has 20 heavy (non-hydrogen) atoms. The summed E-state index contributed by atoms with van der Waals surface area (Å²) in [5, 5.41) is 3.46. The number of nitrogens with one attached hydrogen (secondary N) is 1. The summed E-state index contributed by atoms with van der Waals surface area (Å²) in [5.41, 5.74) is 0. The van der Waals surface area contributed by atoms with Gasteiger partial charge in [-0.05, 0) is 50.6 Å². The van der Waals surface area contributed by atoms with Crippen LogP contribution in [0, 0.1) is 11.8 Å². The van der Waals surface area contributed by atoms with Crippen LogP contribution in [0.15, 0.2) is 0 Å². The van der Waals surface area contributed by atoms with Crippen LogP contribution in [0.1, 0.15) is 45.4 Å². The van der Waals surface area contributed by atoms with Crippen molar-refractivity contribution >= 4 is 5.91 Å². The van der Waals surface area contributed by atoms with E-state index in [4.69, 9.17) is 0 Å². The molecule has 3 aliphatic rings. The van der Waals surface area contributed by atoms with E-state index in [-0.39, 0.29) is 0 Å². The Balaban J connectivity index is 1.54. The number of carbonyl (C=O) groups excluding carboxylic acids is 1. The van der Waals surface area contributed by atoms with Crippen molar-refractivity contribution in [1.82, 2.24) is 15.1 Å². The molecule has 3 rings (SSSR count). The van der Waals surface area contributed by atoms with Crippen molar-refractivity contribution in [3.8, 4) is 0 Å². The van der Waals surface area contributed by atoms with E-state index in [0.717, 1.165) is 13.1 Å². The first-order valence-electron chi connectivity index (χ1n) is 8.49. The Kier molecular flexibility index (Phi) is 4.61. The molecule has 0 radical (unpaired) electrons. The lowest BCUT2D eigenvalue weighted by atomic mass is 10.0. The first-order valence-corrected chi connectivity index (χ1v) is 8.49. The molecule has 4 nitrogen and oxygen atoms in total. The van der Waals surface area contributed by atoms with Gasteiger partial charge in [-0.3, -0.25) is 10.1 Å². The van der Waals surface area contributed by atoms with E-state index < -0.39 is 0 Å². The quantitative estimate of drug-likeness (QED) is 0.831. The highest BCUT2D eigenvalue weighted by atomic mass is 16.2. The molecular weight excluding hydrogens is 250 g/mol. The molecular formula is C16H29N3O. The van der Waals surface area contributed by atoms with Crippen LogP contribution < -0.4 is 5.32 Å². The molecule has 2 heterocycles. The van der Waals surface area contributed by atoms with Crippen molar-refractivity contribution in [1.29, 1.82) is 0 Å². The number of rotatable bonds is 5. The third kappa shape index (κ3) is 3.17. The average molecular weight is 279 g/mol. The molecule has 1 saturated carbocycles. The molecule has 2 saturated heterocycles. The summed E-state index contributed by atoms with van der Waals surface area (Å²) >= 11 is 0. The van der Waals surface area contributed by atoms with Crippen LogP contribution in [-0.2, 0) is 4.79 Å². The topological polar surface area (TPSA) is 35.6 Å². The number of carbonyl (C=O) groups is 1. The third-order valence-corrected chi connectivity index (χ3v) is 5.24. The summed E-state index contributed by atoms with van der Waals surface area (Å²) < 4.78 is 0. The van der Waals surface area contributed by atoms with E-state index in [9.17, 15) is 4.79 Å². The summed E-state index contributed by atoms with van der Waals surface area (Å²) in [4.78, 5) is 16.9. The highest BCUT2D eigenvalue weighted by Gasteiger charge is 2.37. The summed E-state index contributed by atoms with van der Waals surface area (Å²) in [6.45, 7) is 7.45. The van der Waals surface area contributed by atoms with Gasteiger partial charge in [0.05, 0.1) is 12.7 Å². The predicted octanol–water partition coefficient (Wildman–Crippen LogP) is 1.67. The minimum absolute atomic E-state index is 0.315. The molecule has 1 N–H and O–H groups in total. The maximum Gasteiger partial charge on any atom is 0.237 e. The van der Waals surface area contributed by atoms with Gasteiger partial charge in [-0.25, -0.2) is 0 Å². The lowest BCUT2D eigenvalue weighted by Crippen LogP contribution is -2.45. The van der Waals surface area contributed by atoms with Gasteiger partial charge in [0.25, 0.3) is 0 Å². The average Bonchev–Trinajstić information content (AvgIpc) is 3.13. The smallest absolute Gasteiger partial charge is 0.237 e. The molecule has 1 amide bonds. The predicted molar refractivity (Wildman–Crippen MR) is 80.3 cm³/mol. The van der Waals surface area contributed by atoms with Gasteiger partial charge in [0, 0.05) is 13.1 Å². The highest BCUT2D eigenvalue weighted by Crippen LogP contribution is 2.31. The molecule has 4 heteroatoms. The minimum atomic E-state index is 0.315. The zero-order valence-corrected chi connectivity index (χ0v) is 12.8. The highest BCUT2D eigenvalue weighted by molar-refractivity contribution is 5.80. The Labute approximate surface area is 122 Å². The van der Waals surface area contributed by atoms with Gasteiger partial charge in [0.2, 0.25) is 5.91 Å². The number of hydrogen-bond donors (Lipinski definition) is 1. The van der Waals surface area contributed by atoms with Crippen molar-refractivity contribution in [2.45, 2.75) is 51.6 Å². The molecule has 3 fully saturated rings. The largest absolute Gasteiger partial charge is 0.325 e. The van der Waals surface area contributed by atoms with Crippen molar-refractivity contribution in [3.63, 3.8) is 0 Å². The van der Waals surface area contributed by atoms with E-state index >= 15 is 0 Å². The van der Waals surface area contributed by atoms with Crippen LogP contribution in [-0.4, -0.2) is 54.6 Å². The van der Waals surface area contributed by atoms with Gasteiger partial charge in [-0.1, -0.05) is 19.8 Å². The van der Waals surface area contributed by atoms with Gasteiger partial charge in [-0.15, -0.1) is 0 Å². The zero-order chi connectivity index (χ0) is 13.9. The Morgan fingerprint density at radius 1 is 1.15 bits per heavy atom. The van der Waals surface area contributed by atoms with Gasteiger partial charge in [0.1, 0.15) is 0 Å². The van der Waals surface area contributed by atoms with E-state index in [1.54, 1.807) is 0 Å². The normalized spacial score (nSPS) is 30.6. The molecule has 2 unspecified atom stereocenters. The number of hydrogen-bond acceptors (Lipinski definition) is 3. The Bertz CT molecular complexity index is 335. The summed E-state index contributed by atoms with van der Waals surface area (Å²) in [7, 11) is 0. The maximum atomic E-state index is 12.2. The van der Waals surface area contributed by atoms with Crippen LogP contribution >= 0.6 is 0 Å².